The van der Waals surface area contributed by atoms with Crippen molar-refractivity contribution in [3.63, 3.8) is 0 Å². The number of halogens is 5. The molecule has 10 heteroatoms. The zero-order chi connectivity index (χ0) is 23.0. The van der Waals surface area contributed by atoms with Gasteiger partial charge in [0.05, 0.1) is 12.1 Å². The highest BCUT2D eigenvalue weighted by molar-refractivity contribution is 6.31. The van der Waals surface area contributed by atoms with Gasteiger partial charge in [-0.1, -0.05) is 24.1 Å². The number of benzene rings is 2. The highest BCUT2D eigenvalue weighted by Crippen LogP contribution is 2.40. The quantitative estimate of drug-likeness (QED) is 0.592. The molecule has 3 atom stereocenters. The molecule has 2 N–H and O–H groups in total. The molecule has 0 radical (unpaired) electrons. The summed E-state index contributed by atoms with van der Waals surface area (Å²) in [5.74, 6) is -2.07. The molecule has 0 spiro atoms. The van der Waals surface area contributed by atoms with Crippen molar-refractivity contribution in [2.45, 2.75) is 44.2 Å². The second-order valence-corrected chi connectivity index (χ2v) is 8.28. The van der Waals surface area contributed by atoms with Gasteiger partial charge in [-0.05, 0) is 49.6 Å². The molecule has 0 aromatic heterocycles. The Kier molecular flexibility index (Phi) is 6.13. The molecule has 2 aliphatic rings. The van der Waals surface area contributed by atoms with Crippen LogP contribution in [0, 0.1) is 11.7 Å². The van der Waals surface area contributed by atoms with Gasteiger partial charge in [-0.2, -0.15) is 0 Å². The van der Waals surface area contributed by atoms with Crippen molar-refractivity contribution in [1.29, 1.82) is 0 Å². The van der Waals surface area contributed by atoms with Crippen LogP contribution in [0.25, 0.3) is 0 Å². The number of amides is 2. The van der Waals surface area contributed by atoms with Crippen molar-refractivity contribution in [1.82, 2.24) is 5.32 Å². The predicted molar refractivity (Wildman–Crippen MR) is 109 cm³/mol. The molecule has 2 aromatic rings. The normalized spacial score (nSPS) is 22.9. The van der Waals surface area contributed by atoms with Crippen LogP contribution in [0.2, 0.25) is 5.02 Å². The Balaban J connectivity index is 1.59. The van der Waals surface area contributed by atoms with Gasteiger partial charge in [-0.15, -0.1) is 13.2 Å². The summed E-state index contributed by atoms with van der Waals surface area (Å²) >= 11 is 6.23. The Hall–Kier alpha value is -2.65. The number of hydrogen-bond donors (Lipinski definition) is 2. The molecule has 4 rings (SSSR count). The van der Waals surface area contributed by atoms with Gasteiger partial charge in [0, 0.05) is 33.3 Å². The maximum Gasteiger partial charge on any atom is 0.522 e. The average Bonchev–Trinajstić information content (AvgIpc) is 3.06. The fourth-order valence-corrected chi connectivity index (χ4v) is 4.57. The maximum atomic E-state index is 13.8. The van der Waals surface area contributed by atoms with Crippen LogP contribution < -0.4 is 10.6 Å². The van der Waals surface area contributed by atoms with Crippen LogP contribution in [0.15, 0.2) is 36.4 Å². The van der Waals surface area contributed by atoms with E-state index in [1.165, 1.54) is 18.2 Å². The molecule has 0 unspecified atom stereocenters. The Morgan fingerprint density at radius 3 is 2.72 bits per heavy atom. The third kappa shape index (κ3) is 4.73. The topological polar surface area (TPSA) is 67.4 Å². The average molecular weight is 471 g/mol. The molecule has 5 nitrogen and oxygen atoms in total. The Morgan fingerprint density at radius 2 is 1.97 bits per heavy atom. The van der Waals surface area contributed by atoms with Gasteiger partial charge in [0.1, 0.15) is 5.82 Å². The van der Waals surface area contributed by atoms with Crippen LogP contribution in [0.4, 0.5) is 23.2 Å². The van der Waals surface area contributed by atoms with Gasteiger partial charge in [-0.3, -0.25) is 14.3 Å². The molecule has 2 aromatic carbocycles. The van der Waals surface area contributed by atoms with Gasteiger partial charge in [0.2, 0.25) is 5.91 Å². The molecule has 2 amide bonds. The van der Waals surface area contributed by atoms with Crippen molar-refractivity contribution in [3.05, 3.63) is 63.9 Å². The summed E-state index contributed by atoms with van der Waals surface area (Å²) in [5, 5.41) is 5.73. The SMILES string of the molecule is O=C1N[C@H](c2cc(F)ccc2Cl)c2c(NC(=O)[C@@H]3CCC[C@@H](OC(F)(F)F)C3)cccc21. The summed E-state index contributed by atoms with van der Waals surface area (Å²) in [7, 11) is 0. The van der Waals surface area contributed by atoms with Crippen molar-refractivity contribution in [2.24, 2.45) is 5.92 Å². The molecule has 1 saturated carbocycles. The Morgan fingerprint density at radius 1 is 1.19 bits per heavy atom. The zero-order valence-corrected chi connectivity index (χ0v) is 17.4. The van der Waals surface area contributed by atoms with Crippen LogP contribution in [0.1, 0.15) is 53.2 Å². The van der Waals surface area contributed by atoms with Crippen molar-refractivity contribution >= 4 is 29.1 Å². The number of rotatable bonds is 4. The number of carbonyl (C=O) groups excluding carboxylic acids is 2. The van der Waals surface area contributed by atoms with E-state index in [9.17, 15) is 27.2 Å². The molecular weight excluding hydrogens is 452 g/mol. The lowest BCUT2D eigenvalue weighted by atomic mass is 9.86. The molecule has 0 bridgehead atoms. The molecule has 170 valence electrons. The summed E-state index contributed by atoms with van der Waals surface area (Å²) < 4.78 is 55.7. The van der Waals surface area contributed by atoms with Crippen LogP contribution in [0.3, 0.4) is 0 Å². The van der Waals surface area contributed by atoms with E-state index in [0.717, 1.165) is 0 Å². The first-order chi connectivity index (χ1) is 15.1. The van der Waals surface area contributed by atoms with Crippen LogP contribution >= 0.6 is 11.6 Å². The number of fused-ring (bicyclic) bond motifs is 1. The van der Waals surface area contributed by atoms with Crippen molar-refractivity contribution in [3.8, 4) is 0 Å². The summed E-state index contributed by atoms with van der Waals surface area (Å²) in [6, 6.07) is 7.73. The van der Waals surface area contributed by atoms with Gasteiger partial charge < -0.3 is 10.6 Å². The highest BCUT2D eigenvalue weighted by Gasteiger charge is 2.38. The molecule has 1 aliphatic carbocycles. The third-order valence-corrected chi connectivity index (χ3v) is 6.08. The number of nitrogens with one attached hydrogen (secondary N) is 2. The lowest BCUT2D eigenvalue weighted by molar-refractivity contribution is -0.346. The van der Waals surface area contributed by atoms with Gasteiger partial charge >= 0.3 is 6.36 Å². The minimum atomic E-state index is -4.76. The van der Waals surface area contributed by atoms with Crippen LogP contribution in [0.5, 0.6) is 0 Å². The van der Waals surface area contributed by atoms with E-state index >= 15 is 0 Å². The van der Waals surface area contributed by atoms with Crippen LogP contribution in [-0.2, 0) is 9.53 Å². The van der Waals surface area contributed by atoms with E-state index in [2.05, 4.69) is 15.4 Å². The lowest BCUT2D eigenvalue weighted by Crippen LogP contribution is -2.34. The summed E-state index contributed by atoms with van der Waals surface area (Å²) in [4.78, 5) is 25.4. The monoisotopic (exact) mass is 470 g/mol. The minimum absolute atomic E-state index is 0.0588. The summed E-state index contributed by atoms with van der Waals surface area (Å²) in [5.41, 5.74) is 1.37. The van der Waals surface area contributed by atoms with E-state index < -0.39 is 42.1 Å². The maximum absolute atomic E-state index is 13.8. The van der Waals surface area contributed by atoms with Gasteiger partial charge in [0.25, 0.3) is 5.91 Å². The van der Waals surface area contributed by atoms with Crippen molar-refractivity contribution < 1.29 is 31.9 Å². The third-order valence-electron chi connectivity index (χ3n) is 5.74. The molecule has 1 heterocycles. The molecule has 32 heavy (non-hydrogen) atoms. The van der Waals surface area contributed by atoms with E-state index in [1.807, 2.05) is 0 Å². The largest absolute Gasteiger partial charge is 0.522 e. The van der Waals surface area contributed by atoms with E-state index in [0.29, 0.717) is 35.2 Å². The standard InChI is InChI=1S/C22H19ClF4N2O3/c23-16-8-7-12(24)10-15(16)19-18-14(21(31)29-19)5-2-6-17(18)28-20(30)11-3-1-4-13(9-11)32-22(25,26)27/h2,5-8,10-11,13,19H,1,3-4,9H2,(H,28,30)(H,29,31)/t11-,13-,19-/m1/s1. The minimum Gasteiger partial charge on any atom is -0.341 e. The van der Waals surface area contributed by atoms with Crippen molar-refractivity contribution in [2.75, 3.05) is 5.32 Å². The highest BCUT2D eigenvalue weighted by atomic mass is 35.5. The Bertz CT molecular complexity index is 1060. The summed E-state index contributed by atoms with van der Waals surface area (Å²) in [6.07, 6.45) is -4.82. The van der Waals surface area contributed by atoms with Gasteiger partial charge in [-0.25, -0.2) is 4.39 Å². The molecule has 1 fully saturated rings. The molecular formula is C22H19ClF4N2O3. The first-order valence-corrected chi connectivity index (χ1v) is 10.4. The number of hydrogen-bond acceptors (Lipinski definition) is 3. The van der Waals surface area contributed by atoms with Gasteiger partial charge in [0.15, 0.2) is 0 Å². The first kappa shape index (κ1) is 22.5. The number of ether oxygens (including phenoxy) is 1. The fourth-order valence-electron chi connectivity index (χ4n) is 4.35. The first-order valence-electron chi connectivity index (χ1n) is 10.1. The van der Waals surface area contributed by atoms with Crippen LogP contribution in [-0.4, -0.2) is 24.3 Å². The second kappa shape index (κ2) is 8.71. The summed E-state index contributed by atoms with van der Waals surface area (Å²) in [6.45, 7) is 0. The smallest absolute Gasteiger partial charge is 0.341 e. The second-order valence-electron chi connectivity index (χ2n) is 7.88. The number of anilines is 1. The lowest BCUT2D eigenvalue weighted by Gasteiger charge is -2.29. The fraction of sp³-hybridized carbons (Fsp3) is 0.364. The number of carbonyl (C=O) groups is 2. The molecule has 1 aliphatic heterocycles. The van der Waals surface area contributed by atoms with E-state index in [4.69, 9.17) is 11.6 Å². The van der Waals surface area contributed by atoms with E-state index in [1.54, 1.807) is 18.2 Å². The Labute approximate surface area is 186 Å². The predicted octanol–water partition coefficient (Wildman–Crippen LogP) is 5.35. The molecule has 0 saturated heterocycles. The zero-order valence-electron chi connectivity index (χ0n) is 16.6. The number of alkyl halides is 3. The van der Waals surface area contributed by atoms with E-state index in [-0.39, 0.29) is 17.9 Å².